The number of hydrogen-bond acceptors (Lipinski definition) is 2. The van der Waals surface area contributed by atoms with Gasteiger partial charge in [-0.15, -0.1) is 0 Å². The number of para-hydroxylation sites is 2. The average Bonchev–Trinajstić information content (AvgIpc) is 2.75. The number of hydrogen-bond donors (Lipinski definition) is 0. The van der Waals surface area contributed by atoms with Crippen LogP contribution in [-0.4, -0.2) is 14.0 Å². The first-order valence-corrected chi connectivity index (χ1v) is 6.43. The molecule has 5 nitrogen and oxygen atoms in total. The Labute approximate surface area is 114 Å². The van der Waals surface area contributed by atoms with Crippen LogP contribution in [0.25, 0.3) is 27.8 Å². The highest BCUT2D eigenvalue weighted by Gasteiger charge is 2.20. The van der Waals surface area contributed by atoms with Crippen LogP contribution in [0.5, 0.6) is 0 Å². The summed E-state index contributed by atoms with van der Waals surface area (Å²) >= 11 is 0. The fraction of sp³-hybridized carbons (Fsp3) is 0.133. The third-order valence-corrected chi connectivity index (χ3v) is 3.77. The van der Waals surface area contributed by atoms with Gasteiger partial charge in [-0.2, -0.15) is 0 Å². The molecule has 3 heterocycles. The summed E-state index contributed by atoms with van der Waals surface area (Å²) in [7, 11) is 3.83. The first-order valence-electron chi connectivity index (χ1n) is 6.43. The van der Waals surface area contributed by atoms with Crippen molar-refractivity contribution >= 4 is 27.8 Å². The molecular formula is C15H13N4O+. The van der Waals surface area contributed by atoms with E-state index in [0.29, 0.717) is 16.8 Å². The first kappa shape index (κ1) is 11.2. The van der Waals surface area contributed by atoms with E-state index in [1.165, 1.54) is 0 Å². The standard InChI is InChI=1S/C15H13N4O/c1-17-9-5-6-10-13(17)16-15-18(2)11-7-3-4-8-12(11)19(15)14(10)20/h3-9H,1-2H3/q+1. The molecule has 3 aromatic heterocycles. The molecular weight excluding hydrogens is 252 g/mol. The van der Waals surface area contributed by atoms with E-state index in [-0.39, 0.29) is 5.56 Å². The van der Waals surface area contributed by atoms with Crippen LogP contribution in [0, 0.1) is 0 Å². The van der Waals surface area contributed by atoms with E-state index in [9.17, 15) is 4.79 Å². The number of aryl methyl sites for hydroxylation is 2. The molecule has 0 saturated carbocycles. The molecule has 0 N–H and O–H groups in total. The maximum Gasteiger partial charge on any atom is 0.340 e. The van der Waals surface area contributed by atoms with Crippen LogP contribution >= 0.6 is 0 Å². The van der Waals surface area contributed by atoms with Crippen LogP contribution in [0.3, 0.4) is 0 Å². The fourth-order valence-electron chi connectivity index (χ4n) is 2.75. The summed E-state index contributed by atoms with van der Waals surface area (Å²) in [6.45, 7) is 0. The molecule has 98 valence electrons. The Bertz CT molecular complexity index is 1040. The molecule has 0 aliphatic heterocycles. The van der Waals surface area contributed by atoms with Gasteiger partial charge >= 0.3 is 11.4 Å². The second kappa shape index (κ2) is 3.66. The maximum atomic E-state index is 12.8. The van der Waals surface area contributed by atoms with E-state index in [0.717, 1.165) is 11.0 Å². The van der Waals surface area contributed by atoms with Gasteiger partial charge < -0.3 is 0 Å². The van der Waals surface area contributed by atoms with Crippen LogP contribution in [0.15, 0.2) is 47.4 Å². The molecule has 1 aromatic carbocycles. The van der Waals surface area contributed by atoms with Crippen molar-refractivity contribution in [2.75, 3.05) is 0 Å². The molecule has 20 heavy (non-hydrogen) atoms. The van der Waals surface area contributed by atoms with Crippen molar-refractivity contribution in [2.45, 2.75) is 0 Å². The van der Waals surface area contributed by atoms with E-state index in [2.05, 4.69) is 4.98 Å². The zero-order valence-corrected chi connectivity index (χ0v) is 11.2. The third-order valence-electron chi connectivity index (χ3n) is 3.77. The number of pyridine rings is 1. The predicted octanol–water partition coefficient (Wildman–Crippen LogP) is 1.16. The molecule has 0 bridgehead atoms. The van der Waals surface area contributed by atoms with Gasteiger partial charge in [0.15, 0.2) is 0 Å². The molecule has 4 aromatic rings. The number of nitrogens with zero attached hydrogens (tertiary/aromatic N) is 4. The number of aromatic nitrogens is 4. The lowest BCUT2D eigenvalue weighted by molar-refractivity contribution is -0.646. The second-order valence-electron chi connectivity index (χ2n) is 4.96. The van der Waals surface area contributed by atoms with Crippen LogP contribution in [0.2, 0.25) is 0 Å². The van der Waals surface area contributed by atoms with Crippen LogP contribution < -0.4 is 10.1 Å². The first-order chi connectivity index (χ1) is 9.68. The fourth-order valence-corrected chi connectivity index (χ4v) is 2.75. The highest BCUT2D eigenvalue weighted by atomic mass is 16.1. The summed E-state index contributed by atoms with van der Waals surface area (Å²) in [6, 6.07) is 11.5. The van der Waals surface area contributed by atoms with E-state index in [1.54, 1.807) is 4.40 Å². The van der Waals surface area contributed by atoms with E-state index in [1.807, 2.05) is 65.8 Å². The quantitative estimate of drug-likeness (QED) is 0.448. The van der Waals surface area contributed by atoms with E-state index >= 15 is 0 Å². The molecule has 0 atom stereocenters. The monoisotopic (exact) mass is 265 g/mol. The highest BCUT2D eigenvalue weighted by Crippen LogP contribution is 2.17. The second-order valence-corrected chi connectivity index (χ2v) is 4.96. The smallest absolute Gasteiger partial charge is 0.291 e. The molecule has 5 heteroatoms. The van der Waals surface area contributed by atoms with Gasteiger partial charge in [-0.05, 0) is 29.2 Å². The summed E-state index contributed by atoms with van der Waals surface area (Å²) in [4.78, 5) is 17.4. The maximum absolute atomic E-state index is 12.8. The highest BCUT2D eigenvalue weighted by molar-refractivity contribution is 5.83. The van der Waals surface area contributed by atoms with Crippen molar-refractivity contribution in [3.8, 4) is 0 Å². The van der Waals surface area contributed by atoms with Crippen LogP contribution in [-0.2, 0) is 14.1 Å². The molecule has 0 amide bonds. The minimum atomic E-state index is -0.0296. The topological polar surface area (TPSA) is 43.2 Å². The SMILES string of the molecule is Cn1c2ccccc2n2c(=O)c3ccc[n+](C)c3nc12. The molecule has 0 radical (unpaired) electrons. The van der Waals surface area contributed by atoms with Crippen molar-refractivity contribution in [3.63, 3.8) is 0 Å². The third kappa shape index (κ3) is 1.24. The van der Waals surface area contributed by atoms with Crippen molar-refractivity contribution in [2.24, 2.45) is 14.1 Å². The largest absolute Gasteiger partial charge is 0.340 e. The molecule has 0 unspecified atom stereocenters. The Hall–Kier alpha value is -2.69. The summed E-state index contributed by atoms with van der Waals surface area (Å²) < 4.78 is 5.50. The normalized spacial score (nSPS) is 11.7. The van der Waals surface area contributed by atoms with Crippen molar-refractivity contribution in [3.05, 3.63) is 52.9 Å². The van der Waals surface area contributed by atoms with Gasteiger partial charge in [0.05, 0.1) is 24.3 Å². The average molecular weight is 265 g/mol. The van der Waals surface area contributed by atoms with Gasteiger partial charge in [0.1, 0.15) is 5.39 Å². The van der Waals surface area contributed by atoms with Gasteiger partial charge in [0, 0.05) is 7.05 Å². The molecule has 0 saturated heterocycles. The number of fused-ring (bicyclic) bond motifs is 4. The van der Waals surface area contributed by atoms with Crippen molar-refractivity contribution < 1.29 is 4.57 Å². The van der Waals surface area contributed by atoms with Gasteiger partial charge in [0.25, 0.3) is 5.56 Å². The minimum Gasteiger partial charge on any atom is -0.291 e. The zero-order valence-electron chi connectivity index (χ0n) is 11.2. The van der Waals surface area contributed by atoms with Gasteiger partial charge in [0.2, 0.25) is 0 Å². The molecule has 0 aliphatic carbocycles. The number of imidazole rings is 1. The lowest BCUT2D eigenvalue weighted by Crippen LogP contribution is -2.32. The summed E-state index contributed by atoms with van der Waals surface area (Å²) in [5, 5.41) is 0.629. The summed E-state index contributed by atoms with van der Waals surface area (Å²) in [6.07, 6.45) is 1.90. The Balaban J connectivity index is 2.42. The molecule has 4 rings (SSSR count). The summed E-state index contributed by atoms with van der Waals surface area (Å²) in [5.41, 5.74) is 2.55. The lowest BCUT2D eigenvalue weighted by atomic mass is 10.3. The van der Waals surface area contributed by atoms with E-state index < -0.39 is 0 Å². The van der Waals surface area contributed by atoms with Gasteiger partial charge in [-0.1, -0.05) is 12.1 Å². The van der Waals surface area contributed by atoms with Crippen LogP contribution in [0.4, 0.5) is 0 Å². The lowest BCUT2D eigenvalue weighted by Gasteiger charge is -1.96. The Morgan fingerprint density at radius 1 is 1.10 bits per heavy atom. The van der Waals surface area contributed by atoms with Gasteiger partial charge in [-0.25, -0.2) is 8.97 Å². The zero-order chi connectivity index (χ0) is 13.9. The Morgan fingerprint density at radius 3 is 2.65 bits per heavy atom. The predicted molar refractivity (Wildman–Crippen MR) is 76.6 cm³/mol. The molecule has 0 fully saturated rings. The van der Waals surface area contributed by atoms with Crippen LogP contribution in [0.1, 0.15) is 0 Å². The molecule has 0 aliphatic rings. The minimum absolute atomic E-state index is 0.0296. The Morgan fingerprint density at radius 2 is 1.85 bits per heavy atom. The van der Waals surface area contributed by atoms with Gasteiger partial charge in [-0.3, -0.25) is 9.36 Å². The molecule has 0 spiro atoms. The number of benzene rings is 1. The van der Waals surface area contributed by atoms with Crippen molar-refractivity contribution in [1.82, 2.24) is 14.0 Å². The summed E-state index contributed by atoms with van der Waals surface area (Å²) in [5.74, 6) is 0.658. The Kier molecular flexibility index (Phi) is 2.04. The number of rotatable bonds is 0. The van der Waals surface area contributed by atoms with Crippen molar-refractivity contribution in [1.29, 1.82) is 0 Å². The van der Waals surface area contributed by atoms with E-state index in [4.69, 9.17) is 0 Å².